The summed E-state index contributed by atoms with van der Waals surface area (Å²) in [6.07, 6.45) is 1.00. The van der Waals surface area contributed by atoms with Crippen molar-refractivity contribution < 1.29 is 4.74 Å². The summed E-state index contributed by atoms with van der Waals surface area (Å²) < 4.78 is 7.10. The second-order valence-corrected chi connectivity index (χ2v) is 5.79. The second kappa shape index (κ2) is 5.52. The van der Waals surface area contributed by atoms with Gasteiger partial charge in [0.25, 0.3) is 0 Å². The Morgan fingerprint density at radius 1 is 1.17 bits per heavy atom. The molecule has 0 spiro atoms. The number of nitrogens with zero attached hydrogens (tertiary/aromatic N) is 2. The smallest absolute Gasteiger partial charge is 0.354 e. The number of aromatic nitrogens is 2. The lowest BCUT2D eigenvalue weighted by Gasteiger charge is -2.14. The normalized spacial score (nSPS) is 17.7. The maximum atomic E-state index is 12.4. The highest BCUT2D eigenvalue weighted by atomic mass is 16.5. The van der Waals surface area contributed by atoms with Crippen LogP contribution < -0.4 is 11.4 Å². The van der Waals surface area contributed by atoms with E-state index in [1.165, 1.54) is 5.56 Å². The lowest BCUT2D eigenvalue weighted by atomic mass is 9.97. The minimum atomic E-state index is -0.360. The molecule has 0 radical (unpaired) electrons. The van der Waals surface area contributed by atoms with Crippen molar-refractivity contribution in [3.63, 3.8) is 0 Å². The van der Waals surface area contributed by atoms with Gasteiger partial charge in [0.1, 0.15) is 5.82 Å². The van der Waals surface area contributed by atoms with Crippen molar-refractivity contribution in [3.8, 4) is 5.69 Å². The van der Waals surface area contributed by atoms with Gasteiger partial charge in [-0.15, -0.1) is 0 Å². The molecular weight excluding hydrogens is 290 g/mol. The Hall–Kier alpha value is -2.66. The zero-order chi connectivity index (χ0) is 15.8. The Morgan fingerprint density at radius 2 is 2.00 bits per heavy atom. The molecule has 2 N–H and O–H groups in total. The van der Waals surface area contributed by atoms with Crippen molar-refractivity contribution in [2.24, 2.45) is 0 Å². The standard InChI is InChI=1S/C18H17N3O2/c19-17-15-7-6-12(13-8-9-23-11-13)10-16(15)21(18(22)20-17)14-4-2-1-3-5-14/h1-7,10,13H,8-9,11H2,(H2,19,20,22). The molecule has 1 atom stereocenters. The highest BCUT2D eigenvalue weighted by molar-refractivity contribution is 5.89. The van der Waals surface area contributed by atoms with Gasteiger partial charge in [0.05, 0.1) is 17.8 Å². The molecule has 5 nitrogen and oxygen atoms in total. The largest absolute Gasteiger partial charge is 0.383 e. The van der Waals surface area contributed by atoms with Crippen molar-refractivity contribution >= 4 is 16.7 Å². The molecule has 4 rings (SSSR count). The third-order valence-corrected chi connectivity index (χ3v) is 4.36. The van der Waals surface area contributed by atoms with Gasteiger partial charge in [-0.25, -0.2) is 4.79 Å². The van der Waals surface area contributed by atoms with Crippen molar-refractivity contribution in [2.45, 2.75) is 12.3 Å². The molecule has 1 saturated heterocycles. The first-order chi connectivity index (χ1) is 11.2. The SMILES string of the molecule is Nc1nc(=O)n(-c2ccccc2)c2cc(C3CCOC3)ccc12. The van der Waals surface area contributed by atoms with Crippen molar-refractivity contribution in [2.75, 3.05) is 18.9 Å². The zero-order valence-electron chi connectivity index (χ0n) is 12.6. The maximum absolute atomic E-state index is 12.4. The van der Waals surface area contributed by atoms with Crippen molar-refractivity contribution in [3.05, 3.63) is 64.6 Å². The van der Waals surface area contributed by atoms with Gasteiger partial charge >= 0.3 is 5.69 Å². The molecule has 116 valence electrons. The molecule has 0 bridgehead atoms. The van der Waals surface area contributed by atoms with Gasteiger partial charge in [0, 0.05) is 17.9 Å². The molecule has 23 heavy (non-hydrogen) atoms. The Balaban J connectivity index is 2.00. The van der Waals surface area contributed by atoms with Crippen LogP contribution in [0.1, 0.15) is 17.9 Å². The average molecular weight is 307 g/mol. The summed E-state index contributed by atoms with van der Waals surface area (Å²) in [7, 11) is 0. The second-order valence-electron chi connectivity index (χ2n) is 5.79. The molecule has 1 aromatic heterocycles. The molecule has 0 saturated carbocycles. The van der Waals surface area contributed by atoms with Gasteiger partial charge in [-0.1, -0.05) is 24.3 Å². The molecule has 1 unspecified atom stereocenters. The molecule has 1 aliphatic heterocycles. The molecule has 1 fully saturated rings. The van der Waals surface area contributed by atoms with E-state index in [4.69, 9.17) is 10.5 Å². The fourth-order valence-electron chi connectivity index (χ4n) is 3.14. The van der Waals surface area contributed by atoms with Gasteiger partial charge in [-0.3, -0.25) is 4.57 Å². The fourth-order valence-corrected chi connectivity index (χ4v) is 3.14. The maximum Gasteiger partial charge on any atom is 0.354 e. The van der Waals surface area contributed by atoms with Gasteiger partial charge in [-0.05, 0) is 36.2 Å². The lowest BCUT2D eigenvalue weighted by molar-refractivity contribution is 0.194. The highest BCUT2D eigenvalue weighted by Crippen LogP contribution is 2.29. The Labute approximate surface area is 133 Å². The van der Waals surface area contributed by atoms with Crippen LogP contribution in [-0.2, 0) is 4.74 Å². The third-order valence-electron chi connectivity index (χ3n) is 4.36. The first-order valence-electron chi connectivity index (χ1n) is 7.69. The highest BCUT2D eigenvalue weighted by Gasteiger charge is 2.19. The van der Waals surface area contributed by atoms with E-state index in [1.807, 2.05) is 42.5 Å². The van der Waals surface area contributed by atoms with Gasteiger partial charge in [0.2, 0.25) is 0 Å². The molecular formula is C18H17N3O2. The number of hydrogen-bond acceptors (Lipinski definition) is 4. The summed E-state index contributed by atoms with van der Waals surface area (Å²) in [5.41, 5.74) is 8.35. The van der Waals surface area contributed by atoms with Crippen LogP contribution in [0.4, 0.5) is 5.82 Å². The molecule has 3 aromatic rings. The number of fused-ring (bicyclic) bond motifs is 1. The Morgan fingerprint density at radius 3 is 2.74 bits per heavy atom. The summed E-state index contributed by atoms with van der Waals surface area (Å²) in [6, 6.07) is 15.6. The predicted octanol–water partition coefficient (Wildman–Crippen LogP) is 2.47. The molecule has 1 aliphatic rings. The number of rotatable bonds is 2. The number of hydrogen-bond donors (Lipinski definition) is 1. The van der Waals surface area contributed by atoms with E-state index in [-0.39, 0.29) is 11.5 Å². The van der Waals surface area contributed by atoms with Gasteiger partial charge < -0.3 is 10.5 Å². The number of nitrogen functional groups attached to an aromatic ring is 1. The Kier molecular flexibility index (Phi) is 3.35. The topological polar surface area (TPSA) is 70.1 Å². The first-order valence-corrected chi connectivity index (χ1v) is 7.69. The third kappa shape index (κ3) is 2.39. The molecule has 0 aliphatic carbocycles. The zero-order valence-corrected chi connectivity index (χ0v) is 12.6. The van der Waals surface area contributed by atoms with E-state index in [2.05, 4.69) is 11.1 Å². The number of benzene rings is 2. The number of ether oxygens (including phenoxy) is 1. The summed E-state index contributed by atoms with van der Waals surface area (Å²) >= 11 is 0. The van der Waals surface area contributed by atoms with Gasteiger partial charge in [-0.2, -0.15) is 4.98 Å². The quantitative estimate of drug-likeness (QED) is 0.789. The van der Waals surface area contributed by atoms with Crippen LogP contribution in [-0.4, -0.2) is 22.8 Å². The van der Waals surface area contributed by atoms with Crippen LogP contribution in [0.3, 0.4) is 0 Å². The van der Waals surface area contributed by atoms with E-state index in [0.717, 1.165) is 36.2 Å². The lowest BCUT2D eigenvalue weighted by Crippen LogP contribution is -2.23. The van der Waals surface area contributed by atoms with Crippen LogP contribution in [0.25, 0.3) is 16.6 Å². The number of anilines is 1. The van der Waals surface area contributed by atoms with Crippen LogP contribution in [0.15, 0.2) is 53.3 Å². The van der Waals surface area contributed by atoms with Crippen molar-refractivity contribution in [1.29, 1.82) is 0 Å². The predicted molar refractivity (Wildman–Crippen MR) is 89.9 cm³/mol. The average Bonchev–Trinajstić information content (AvgIpc) is 3.10. The first kappa shape index (κ1) is 14.0. The van der Waals surface area contributed by atoms with Crippen molar-refractivity contribution in [1.82, 2.24) is 9.55 Å². The molecule has 2 aromatic carbocycles. The summed E-state index contributed by atoms with van der Waals surface area (Å²) in [4.78, 5) is 16.4. The van der Waals surface area contributed by atoms with E-state index in [0.29, 0.717) is 5.92 Å². The number of para-hydroxylation sites is 1. The molecule has 2 heterocycles. The summed E-state index contributed by atoms with van der Waals surface area (Å²) in [5, 5.41) is 0.788. The van der Waals surface area contributed by atoms with E-state index < -0.39 is 0 Å². The van der Waals surface area contributed by atoms with Crippen LogP contribution in [0, 0.1) is 0 Å². The molecule has 5 heteroatoms. The summed E-state index contributed by atoms with van der Waals surface area (Å²) in [5.74, 6) is 0.638. The summed E-state index contributed by atoms with van der Waals surface area (Å²) in [6.45, 7) is 1.51. The van der Waals surface area contributed by atoms with E-state index >= 15 is 0 Å². The van der Waals surface area contributed by atoms with Crippen LogP contribution in [0.2, 0.25) is 0 Å². The minimum absolute atomic E-state index is 0.270. The van der Waals surface area contributed by atoms with Crippen LogP contribution in [0.5, 0.6) is 0 Å². The van der Waals surface area contributed by atoms with E-state index in [9.17, 15) is 4.79 Å². The number of nitrogens with two attached hydrogens (primary N) is 1. The molecule has 0 amide bonds. The van der Waals surface area contributed by atoms with Gasteiger partial charge in [0.15, 0.2) is 0 Å². The van der Waals surface area contributed by atoms with Crippen LogP contribution >= 0.6 is 0 Å². The minimum Gasteiger partial charge on any atom is -0.383 e. The Bertz CT molecular complexity index is 913. The monoisotopic (exact) mass is 307 g/mol. The fraction of sp³-hybridized carbons (Fsp3) is 0.222. The van der Waals surface area contributed by atoms with E-state index in [1.54, 1.807) is 4.57 Å².